The molecule has 0 aliphatic carbocycles. The summed E-state index contributed by atoms with van der Waals surface area (Å²) in [6, 6.07) is 6.08. The summed E-state index contributed by atoms with van der Waals surface area (Å²) in [5.74, 6) is -0.219. The molecule has 1 saturated heterocycles. The number of rotatable bonds is 2. The van der Waals surface area contributed by atoms with Crippen LogP contribution < -0.4 is 0 Å². The Kier molecular flexibility index (Phi) is 3.90. The number of nitrogens with zero attached hydrogens (tertiary/aromatic N) is 1. The Balaban J connectivity index is 2.07. The fourth-order valence-electron chi connectivity index (χ4n) is 2.29. The number of halogens is 1. The SMILES string of the molecule is CC1CN(C(=O)Cc2ccc(F)cc2)C(C)(C)CO1. The smallest absolute Gasteiger partial charge is 0.227 e. The lowest BCUT2D eigenvalue weighted by atomic mass is 9.99. The summed E-state index contributed by atoms with van der Waals surface area (Å²) in [7, 11) is 0. The monoisotopic (exact) mass is 265 g/mol. The van der Waals surface area contributed by atoms with Crippen molar-refractivity contribution < 1.29 is 13.9 Å². The molecule has 1 atom stereocenters. The van der Waals surface area contributed by atoms with Crippen molar-refractivity contribution >= 4 is 5.91 Å². The number of hydrogen-bond acceptors (Lipinski definition) is 2. The lowest BCUT2D eigenvalue weighted by Gasteiger charge is -2.44. The van der Waals surface area contributed by atoms with E-state index in [-0.39, 0.29) is 23.4 Å². The van der Waals surface area contributed by atoms with Crippen LogP contribution in [0.3, 0.4) is 0 Å². The summed E-state index contributed by atoms with van der Waals surface area (Å²) in [6.07, 6.45) is 0.362. The molecule has 1 aliphatic heterocycles. The van der Waals surface area contributed by atoms with Gasteiger partial charge in [-0.15, -0.1) is 0 Å². The Bertz CT molecular complexity index is 456. The molecule has 0 spiro atoms. The van der Waals surface area contributed by atoms with Crippen molar-refractivity contribution in [2.24, 2.45) is 0 Å². The van der Waals surface area contributed by atoms with Gasteiger partial charge in [0.05, 0.1) is 24.7 Å². The van der Waals surface area contributed by atoms with Crippen LogP contribution in [-0.2, 0) is 16.0 Å². The fraction of sp³-hybridized carbons (Fsp3) is 0.533. The predicted octanol–water partition coefficient (Wildman–Crippen LogP) is 2.39. The molecule has 0 saturated carbocycles. The number of carbonyl (C=O) groups excluding carboxylic acids is 1. The number of hydrogen-bond donors (Lipinski definition) is 0. The molecular formula is C15H20FNO2. The van der Waals surface area contributed by atoms with E-state index in [0.29, 0.717) is 19.6 Å². The van der Waals surface area contributed by atoms with Crippen molar-refractivity contribution in [3.8, 4) is 0 Å². The van der Waals surface area contributed by atoms with Crippen LogP contribution in [-0.4, -0.2) is 35.6 Å². The average molecular weight is 265 g/mol. The third kappa shape index (κ3) is 3.32. The molecule has 0 bridgehead atoms. The zero-order chi connectivity index (χ0) is 14.0. The van der Waals surface area contributed by atoms with E-state index in [1.54, 1.807) is 12.1 Å². The molecule has 104 valence electrons. The fourth-order valence-corrected chi connectivity index (χ4v) is 2.29. The quantitative estimate of drug-likeness (QED) is 0.821. The van der Waals surface area contributed by atoms with E-state index in [1.807, 2.05) is 25.7 Å². The molecule has 4 heteroatoms. The third-order valence-electron chi connectivity index (χ3n) is 3.46. The van der Waals surface area contributed by atoms with E-state index < -0.39 is 0 Å². The Labute approximate surface area is 113 Å². The second-order valence-corrected chi connectivity index (χ2v) is 5.74. The molecule has 1 aromatic rings. The van der Waals surface area contributed by atoms with Gasteiger partial charge in [0.15, 0.2) is 0 Å². The van der Waals surface area contributed by atoms with Gasteiger partial charge in [-0.05, 0) is 38.5 Å². The first-order valence-electron chi connectivity index (χ1n) is 6.55. The van der Waals surface area contributed by atoms with Crippen molar-refractivity contribution in [3.05, 3.63) is 35.6 Å². The number of amides is 1. The highest BCUT2D eigenvalue weighted by molar-refractivity contribution is 5.79. The summed E-state index contributed by atoms with van der Waals surface area (Å²) in [6.45, 7) is 7.12. The highest BCUT2D eigenvalue weighted by atomic mass is 19.1. The first kappa shape index (κ1) is 14.0. The zero-order valence-corrected chi connectivity index (χ0v) is 11.6. The third-order valence-corrected chi connectivity index (χ3v) is 3.46. The van der Waals surface area contributed by atoms with Crippen LogP contribution in [0.15, 0.2) is 24.3 Å². The van der Waals surface area contributed by atoms with Crippen LogP contribution in [0.2, 0.25) is 0 Å². The van der Waals surface area contributed by atoms with Gasteiger partial charge in [-0.3, -0.25) is 4.79 Å². The average Bonchev–Trinajstić information content (AvgIpc) is 2.35. The van der Waals surface area contributed by atoms with E-state index in [0.717, 1.165) is 5.56 Å². The van der Waals surface area contributed by atoms with Gasteiger partial charge in [0.1, 0.15) is 5.82 Å². The van der Waals surface area contributed by atoms with E-state index in [4.69, 9.17) is 4.74 Å². The summed E-state index contributed by atoms with van der Waals surface area (Å²) >= 11 is 0. The van der Waals surface area contributed by atoms with Crippen LogP contribution in [0.25, 0.3) is 0 Å². The minimum absolute atomic E-state index is 0.0604. The molecule has 1 aromatic carbocycles. The highest BCUT2D eigenvalue weighted by Gasteiger charge is 2.36. The first-order chi connectivity index (χ1) is 8.88. The summed E-state index contributed by atoms with van der Waals surface area (Å²) in [5, 5.41) is 0. The van der Waals surface area contributed by atoms with Crippen LogP contribution in [0, 0.1) is 5.82 Å². The molecule has 19 heavy (non-hydrogen) atoms. The van der Waals surface area contributed by atoms with E-state index >= 15 is 0 Å². The van der Waals surface area contributed by atoms with Crippen molar-refractivity contribution in [2.45, 2.75) is 38.8 Å². The largest absolute Gasteiger partial charge is 0.374 e. The van der Waals surface area contributed by atoms with Gasteiger partial charge in [0.25, 0.3) is 0 Å². The molecule has 1 unspecified atom stereocenters. The first-order valence-corrected chi connectivity index (χ1v) is 6.55. The molecule has 0 radical (unpaired) electrons. The lowest BCUT2D eigenvalue weighted by molar-refractivity contribution is -0.152. The van der Waals surface area contributed by atoms with Crippen molar-refractivity contribution in [3.63, 3.8) is 0 Å². The molecule has 1 amide bonds. The maximum Gasteiger partial charge on any atom is 0.227 e. The maximum absolute atomic E-state index is 12.8. The van der Waals surface area contributed by atoms with Gasteiger partial charge in [0.2, 0.25) is 5.91 Å². The molecule has 3 nitrogen and oxygen atoms in total. The van der Waals surface area contributed by atoms with E-state index in [9.17, 15) is 9.18 Å². The van der Waals surface area contributed by atoms with Crippen LogP contribution in [0.1, 0.15) is 26.3 Å². The van der Waals surface area contributed by atoms with Gasteiger partial charge in [-0.2, -0.15) is 0 Å². The zero-order valence-electron chi connectivity index (χ0n) is 11.6. The Morgan fingerprint density at radius 3 is 2.68 bits per heavy atom. The van der Waals surface area contributed by atoms with Gasteiger partial charge in [-0.25, -0.2) is 4.39 Å². The molecule has 1 fully saturated rings. The number of ether oxygens (including phenoxy) is 1. The molecule has 1 heterocycles. The van der Waals surface area contributed by atoms with Gasteiger partial charge in [-0.1, -0.05) is 12.1 Å². The van der Waals surface area contributed by atoms with E-state index in [2.05, 4.69) is 0 Å². The minimum Gasteiger partial charge on any atom is -0.374 e. The van der Waals surface area contributed by atoms with Crippen molar-refractivity contribution in [1.29, 1.82) is 0 Å². The maximum atomic E-state index is 12.8. The summed E-state index contributed by atoms with van der Waals surface area (Å²) < 4.78 is 18.4. The Morgan fingerprint density at radius 1 is 1.42 bits per heavy atom. The number of morpholine rings is 1. The molecule has 1 aliphatic rings. The van der Waals surface area contributed by atoms with Gasteiger partial charge in [0, 0.05) is 6.54 Å². The Hall–Kier alpha value is -1.42. The highest BCUT2D eigenvalue weighted by Crippen LogP contribution is 2.23. The second kappa shape index (κ2) is 5.29. The van der Waals surface area contributed by atoms with Crippen molar-refractivity contribution in [2.75, 3.05) is 13.2 Å². The normalized spacial score (nSPS) is 22.3. The van der Waals surface area contributed by atoms with Crippen molar-refractivity contribution in [1.82, 2.24) is 4.90 Å². The second-order valence-electron chi connectivity index (χ2n) is 5.74. The topological polar surface area (TPSA) is 29.5 Å². The van der Waals surface area contributed by atoms with E-state index in [1.165, 1.54) is 12.1 Å². The van der Waals surface area contributed by atoms with Gasteiger partial charge < -0.3 is 9.64 Å². The summed E-state index contributed by atoms with van der Waals surface area (Å²) in [4.78, 5) is 14.3. The summed E-state index contributed by atoms with van der Waals surface area (Å²) in [5.41, 5.74) is 0.547. The molecule has 2 rings (SSSR count). The molecule has 0 N–H and O–H groups in total. The molecular weight excluding hydrogens is 245 g/mol. The van der Waals surface area contributed by atoms with Crippen LogP contribution in [0.5, 0.6) is 0 Å². The standard InChI is InChI=1S/C15H20FNO2/c1-11-9-17(15(2,3)10-19-11)14(18)8-12-4-6-13(16)7-5-12/h4-7,11H,8-10H2,1-3H3. The molecule has 0 aromatic heterocycles. The Morgan fingerprint density at radius 2 is 2.05 bits per heavy atom. The predicted molar refractivity (Wildman–Crippen MR) is 71.3 cm³/mol. The number of carbonyl (C=O) groups is 1. The lowest BCUT2D eigenvalue weighted by Crippen LogP contribution is -2.58. The van der Waals surface area contributed by atoms with Crippen LogP contribution >= 0.6 is 0 Å². The number of benzene rings is 1. The van der Waals surface area contributed by atoms with Gasteiger partial charge >= 0.3 is 0 Å². The minimum atomic E-state index is -0.288. The van der Waals surface area contributed by atoms with Crippen LogP contribution in [0.4, 0.5) is 4.39 Å².